The van der Waals surface area contributed by atoms with E-state index in [2.05, 4.69) is 24.3 Å². The lowest BCUT2D eigenvalue weighted by molar-refractivity contribution is 0.194. The quantitative estimate of drug-likeness (QED) is 0.534. The molecule has 0 aromatic heterocycles. The normalized spacial score (nSPS) is 11.0. The van der Waals surface area contributed by atoms with Crippen LogP contribution in [0.3, 0.4) is 0 Å². The van der Waals surface area contributed by atoms with Gasteiger partial charge in [-0.15, -0.1) is 0 Å². The van der Waals surface area contributed by atoms with E-state index in [9.17, 15) is 0 Å². The minimum atomic E-state index is 1.24. The van der Waals surface area contributed by atoms with E-state index in [0.717, 1.165) is 0 Å². The van der Waals surface area contributed by atoms with Crippen molar-refractivity contribution in [2.24, 2.45) is 0 Å². The zero-order chi connectivity index (χ0) is 7.40. The first-order chi connectivity index (χ1) is 4.88. The molecule has 0 aliphatic heterocycles. The molecule has 0 saturated heterocycles. The molecule has 1 aromatic carbocycles. The average Bonchev–Trinajstić information content (AvgIpc) is 2.66. The van der Waals surface area contributed by atoms with Crippen LogP contribution in [0.2, 0.25) is 0 Å². The molecule has 2 rings (SSSR count). The van der Waals surface area contributed by atoms with Gasteiger partial charge in [0.1, 0.15) is 0 Å². The van der Waals surface area contributed by atoms with E-state index < -0.39 is 0 Å². The van der Waals surface area contributed by atoms with E-state index in [0.29, 0.717) is 0 Å². The molecule has 0 radical (unpaired) electrons. The fourth-order valence-electron chi connectivity index (χ4n) is 0.836. The van der Waals surface area contributed by atoms with Crippen LogP contribution < -0.4 is 5.48 Å². The molecule has 1 aliphatic carbocycles. The molecule has 0 fully saturated rings. The molecule has 0 atom stereocenters. The number of fused-ring (bicyclic) bond motifs is 1. The van der Waals surface area contributed by atoms with Gasteiger partial charge in [-0.3, -0.25) is 0 Å². The fourth-order valence-corrected chi connectivity index (χ4v) is 0.836. The van der Waals surface area contributed by atoms with Crippen molar-refractivity contribution in [3.05, 3.63) is 35.4 Å². The van der Waals surface area contributed by atoms with Crippen molar-refractivity contribution in [1.29, 1.82) is 0 Å². The molecule has 0 amide bonds. The predicted octanol–water partition coefficient (Wildman–Crippen LogP) is 1.19. The second-order valence-corrected chi connectivity index (χ2v) is 2.17. The minimum absolute atomic E-state index is 1.24. The Morgan fingerprint density at radius 2 is 1.70 bits per heavy atom. The molecule has 0 heterocycles. The highest BCUT2D eigenvalue weighted by Crippen LogP contribution is 2.25. The molecule has 2 N–H and O–H groups in total. The largest absolute Gasteiger partial charge is 0.317 e. The molecule has 0 saturated carbocycles. The van der Waals surface area contributed by atoms with Gasteiger partial charge in [-0.05, 0) is 17.5 Å². The first-order valence-corrected chi connectivity index (χ1v) is 3.26. The summed E-state index contributed by atoms with van der Waals surface area (Å²) in [6.07, 6.45) is 1.24. The molecule has 2 nitrogen and oxygen atoms in total. The molecule has 0 unspecified atom stereocenters. The van der Waals surface area contributed by atoms with E-state index in [1.54, 1.807) is 5.48 Å². The highest BCUT2D eigenvalue weighted by Gasteiger charge is 2.12. The summed E-state index contributed by atoms with van der Waals surface area (Å²) >= 11 is 0. The topological polar surface area (TPSA) is 32.3 Å². The lowest BCUT2D eigenvalue weighted by Gasteiger charge is -1.69. The second kappa shape index (κ2) is 3.34. The Bertz CT molecular complexity index is 189. The van der Waals surface area contributed by atoms with Crippen LogP contribution in [0.25, 0.3) is 0 Å². The SMILES string of the molecule is CNO.c1ccc2c(c1)C2. The summed E-state index contributed by atoms with van der Waals surface area (Å²) < 4.78 is 0. The smallest absolute Gasteiger partial charge is 0.00929 e. The van der Waals surface area contributed by atoms with Gasteiger partial charge in [-0.1, -0.05) is 24.3 Å². The summed E-state index contributed by atoms with van der Waals surface area (Å²) in [6.45, 7) is 0. The van der Waals surface area contributed by atoms with Gasteiger partial charge in [0.2, 0.25) is 0 Å². The first-order valence-electron chi connectivity index (χ1n) is 3.26. The van der Waals surface area contributed by atoms with Gasteiger partial charge >= 0.3 is 0 Å². The number of nitrogens with one attached hydrogen (secondary N) is 1. The molecule has 54 valence electrons. The molecule has 0 spiro atoms. The minimum Gasteiger partial charge on any atom is -0.317 e. The van der Waals surface area contributed by atoms with Crippen LogP contribution in [0.5, 0.6) is 0 Å². The Hall–Kier alpha value is -0.860. The van der Waals surface area contributed by atoms with Crippen molar-refractivity contribution in [2.45, 2.75) is 6.42 Å². The van der Waals surface area contributed by atoms with E-state index in [-0.39, 0.29) is 0 Å². The van der Waals surface area contributed by atoms with Crippen LogP contribution in [-0.4, -0.2) is 12.3 Å². The van der Waals surface area contributed by atoms with E-state index in [1.165, 1.54) is 24.6 Å². The van der Waals surface area contributed by atoms with Crippen molar-refractivity contribution < 1.29 is 5.21 Å². The summed E-state index contributed by atoms with van der Waals surface area (Å²) in [5, 5.41) is 7.32. The van der Waals surface area contributed by atoms with Crippen molar-refractivity contribution in [2.75, 3.05) is 7.05 Å². The van der Waals surface area contributed by atoms with Crippen molar-refractivity contribution >= 4 is 0 Å². The molecule has 1 aliphatic rings. The Morgan fingerprint density at radius 3 is 2.00 bits per heavy atom. The molecule has 0 bridgehead atoms. The Morgan fingerprint density at radius 1 is 1.30 bits per heavy atom. The van der Waals surface area contributed by atoms with Crippen molar-refractivity contribution in [3.8, 4) is 0 Å². The standard InChI is InChI=1S/C7H6.CH5NO/c1-2-4-7-5-6(7)3-1;1-2-3/h1-4H,5H2;2-3H,1H3. The maximum atomic E-state index is 7.32. The summed E-state index contributed by atoms with van der Waals surface area (Å²) in [4.78, 5) is 0. The van der Waals surface area contributed by atoms with Gasteiger partial charge < -0.3 is 5.21 Å². The Kier molecular flexibility index (Phi) is 2.42. The molecular formula is C8H11NO. The third-order valence-corrected chi connectivity index (χ3v) is 1.37. The third kappa shape index (κ3) is 1.83. The number of hydrogen-bond donors (Lipinski definition) is 2. The van der Waals surface area contributed by atoms with Crippen LogP contribution in [0.4, 0.5) is 0 Å². The molecule has 1 aromatic rings. The van der Waals surface area contributed by atoms with Gasteiger partial charge in [0, 0.05) is 7.05 Å². The molecular weight excluding hydrogens is 126 g/mol. The van der Waals surface area contributed by atoms with Gasteiger partial charge in [-0.2, -0.15) is 0 Å². The lowest BCUT2D eigenvalue weighted by atomic mass is 10.4. The Labute approximate surface area is 60.5 Å². The molecule has 2 heteroatoms. The van der Waals surface area contributed by atoms with E-state index in [1.807, 2.05) is 0 Å². The zero-order valence-electron chi connectivity index (χ0n) is 5.96. The predicted molar refractivity (Wildman–Crippen MR) is 40.1 cm³/mol. The average molecular weight is 137 g/mol. The maximum absolute atomic E-state index is 7.32. The third-order valence-electron chi connectivity index (χ3n) is 1.37. The first kappa shape index (κ1) is 7.25. The summed E-state index contributed by atoms with van der Waals surface area (Å²) in [6, 6.07) is 8.53. The summed E-state index contributed by atoms with van der Waals surface area (Å²) in [5.74, 6) is 0. The van der Waals surface area contributed by atoms with E-state index in [4.69, 9.17) is 5.21 Å². The van der Waals surface area contributed by atoms with Crippen LogP contribution in [0.1, 0.15) is 11.1 Å². The van der Waals surface area contributed by atoms with E-state index >= 15 is 0 Å². The van der Waals surface area contributed by atoms with Crippen molar-refractivity contribution in [1.82, 2.24) is 5.48 Å². The van der Waals surface area contributed by atoms with Gasteiger partial charge in [0.15, 0.2) is 0 Å². The number of benzene rings is 1. The highest BCUT2D eigenvalue weighted by atomic mass is 16.5. The van der Waals surface area contributed by atoms with Crippen LogP contribution >= 0.6 is 0 Å². The summed E-state index contributed by atoms with van der Waals surface area (Å²) in [5.41, 5.74) is 4.81. The highest BCUT2D eigenvalue weighted by molar-refractivity contribution is 5.44. The summed E-state index contributed by atoms with van der Waals surface area (Å²) in [7, 11) is 1.43. The number of rotatable bonds is 0. The van der Waals surface area contributed by atoms with Crippen LogP contribution in [0, 0.1) is 0 Å². The maximum Gasteiger partial charge on any atom is 0.00929 e. The fraction of sp³-hybridized carbons (Fsp3) is 0.250. The lowest BCUT2D eigenvalue weighted by Crippen LogP contribution is -1.91. The number of hydrogen-bond acceptors (Lipinski definition) is 2. The van der Waals surface area contributed by atoms with Gasteiger partial charge in [-0.25, -0.2) is 5.48 Å². The Balaban J connectivity index is 0.000000148. The monoisotopic (exact) mass is 137 g/mol. The van der Waals surface area contributed by atoms with Gasteiger partial charge in [0.25, 0.3) is 0 Å². The zero-order valence-corrected chi connectivity index (χ0v) is 5.96. The molecule has 10 heavy (non-hydrogen) atoms. The van der Waals surface area contributed by atoms with Crippen LogP contribution in [0.15, 0.2) is 24.3 Å². The second-order valence-electron chi connectivity index (χ2n) is 2.17. The van der Waals surface area contributed by atoms with Crippen LogP contribution in [-0.2, 0) is 6.42 Å². The van der Waals surface area contributed by atoms with Crippen molar-refractivity contribution in [3.63, 3.8) is 0 Å². The number of hydroxylamine groups is 1. The van der Waals surface area contributed by atoms with Gasteiger partial charge in [0.05, 0.1) is 0 Å².